The Labute approximate surface area is 217 Å². The van der Waals surface area contributed by atoms with E-state index in [-0.39, 0.29) is 0 Å². The van der Waals surface area contributed by atoms with Gasteiger partial charge in [-0.25, -0.2) is 4.79 Å². The van der Waals surface area contributed by atoms with Crippen molar-refractivity contribution in [2.75, 3.05) is 31.1 Å². The highest BCUT2D eigenvalue weighted by Gasteiger charge is 2.13. The Kier molecular flexibility index (Phi) is 8.76. The summed E-state index contributed by atoms with van der Waals surface area (Å²) in [6.45, 7) is 1.73. The zero-order valence-electron chi connectivity index (χ0n) is 20.1. The van der Waals surface area contributed by atoms with E-state index in [4.69, 9.17) is 34.9 Å². The first kappa shape index (κ1) is 27.5. The number of ether oxygens (including phenoxy) is 3. The second-order valence-corrected chi connectivity index (χ2v) is 9.29. The Morgan fingerprint density at radius 2 is 1.70 bits per heavy atom. The SMILES string of the molecule is COc1cc2nccc(Oc3ccc(NC(=O)Nc4cc(C)on4)c(Cl)c3)c2cc1OC.CS(=O)(=O)O. The molecule has 4 aromatic rings. The van der Waals surface area contributed by atoms with Gasteiger partial charge in [0.05, 0.1) is 36.7 Å². The maximum atomic E-state index is 12.2. The number of nitrogens with one attached hydrogen (secondary N) is 2. The zero-order valence-corrected chi connectivity index (χ0v) is 21.7. The molecule has 37 heavy (non-hydrogen) atoms. The summed E-state index contributed by atoms with van der Waals surface area (Å²) in [6, 6.07) is 11.3. The third kappa shape index (κ3) is 7.96. The number of hydrogen-bond acceptors (Lipinski definition) is 9. The number of aryl methyl sites for hydroxylation is 1. The third-order valence-corrected chi connectivity index (χ3v) is 4.81. The molecule has 0 saturated carbocycles. The van der Waals surface area contributed by atoms with Crippen molar-refractivity contribution in [2.45, 2.75) is 6.92 Å². The third-order valence-electron chi connectivity index (χ3n) is 4.49. The van der Waals surface area contributed by atoms with Crippen molar-refractivity contribution >= 4 is 50.2 Å². The van der Waals surface area contributed by atoms with E-state index in [2.05, 4.69) is 20.8 Å². The average Bonchev–Trinajstić information content (AvgIpc) is 3.23. The second-order valence-electron chi connectivity index (χ2n) is 7.41. The predicted molar refractivity (Wildman–Crippen MR) is 138 cm³/mol. The number of halogens is 1. The van der Waals surface area contributed by atoms with Gasteiger partial charge in [-0.2, -0.15) is 8.42 Å². The van der Waals surface area contributed by atoms with Crippen LogP contribution in [0.15, 0.2) is 53.2 Å². The summed E-state index contributed by atoms with van der Waals surface area (Å²) in [5, 5.41) is 9.96. The molecule has 0 aliphatic rings. The molecule has 0 fully saturated rings. The van der Waals surface area contributed by atoms with Crippen molar-refractivity contribution < 1.29 is 36.5 Å². The largest absolute Gasteiger partial charge is 0.493 e. The Morgan fingerprint density at radius 3 is 2.30 bits per heavy atom. The van der Waals surface area contributed by atoms with Gasteiger partial charge in [-0.1, -0.05) is 16.8 Å². The summed E-state index contributed by atoms with van der Waals surface area (Å²) in [6.07, 6.45) is 2.35. The van der Waals surface area contributed by atoms with Crippen molar-refractivity contribution in [2.24, 2.45) is 0 Å². The molecule has 3 N–H and O–H groups in total. The van der Waals surface area contributed by atoms with Crippen LogP contribution in [-0.2, 0) is 10.1 Å². The normalized spacial score (nSPS) is 10.8. The topological polar surface area (TPSA) is 162 Å². The van der Waals surface area contributed by atoms with Crippen LogP contribution in [0.4, 0.5) is 16.3 Å². The van der Waals surface area contributed by atoms with Crippen LogP contribution in [0.3, 0.4) is 0 Å². The molecule has 4 rings (SSSR count). The van der Waals surface area contributed by atoms with Crippen molar-refractivity contribution in [1.82, 2.24) is 10.1 Å². The first-order chi connectivity index (χ1) is 17.5. The van der Waals surface area contributed by atoms with Crippen LogP contribution < -0.4 is 24.8 Å². The van der Waals surface area contributed by atoms with Gasteiger partial charge >= 0.3 is 6.03 Å². The summed E-state index contributed by atoms with van der Waals surface area (Å²) in [7, 11) is -0.541. The fraction of sp³-hybridized carbons (Fsp3) is 0.174. The fourth-order valence-electron chi connectivity index (χ4n) is 3.02. The number of aromatic nitrogens is 2. The number of hydrogen-bond donors (Lipinski definition) is 3. The quantitative estimate of drug-likeness (QED) is 0.274. The summed E-state index contributed by atoms with van der Waals surface area (Å²) in [4.78, 5) is 16.5. The molecule has 196 valence electrons. The van der Waals surface area contributed by atoms with E-state index in [1.54, 1.807) is 69.8 Å². The summed E-state index contributed by atoms with van der Waals surface area (Å²) >= 11 is 6.35. The molecule has 2 heterocycles. The number of carbonyl (C=O) groups is 1. The van der Waals surface area contributed by atoms with Crippen LogP contribution in [-0.4, -0.2) is 49.6 Å². The Hall–Kier alpha value is -4.07. The number of carbonyl (C=O) groups excluding carboxylic acids is 1. The van der Waals surface area contributed by atoms with Gasteiger partial charge in [0.2, 0.25) is 0 Å². The van der Waals surface area contributed by atoms with Gasteiger partial charge in [-0.3, -0.25) is 14.9 Å². The Morgan fingerprint density at radius 1 is 1.03 bits per heavy atom. The monoisotopic (exact) mass is 550 g/mol. The lowest BCUT2D eigenvalue weighted by Crippen LogP contribution is -2.19. The van der Waals surface area contributed by atoms with Gasteiger partial charge in [-0.15, -0.1) is 0 Å². The first-order valence-corrected chi connectivity index (χ1v) is 12.6. The van der Waals surface area contributed by atoms with E-state index in [9.17, 15) is 13.2 Å². The molecule has 14 heteroatoms. The summed E-state index contributed by atoms with van der Waals surface area (Å²) in [5.74, 6) is 3.06. The van der Waals surface area contributed by atoms with Gasteiger partial charge in [0.1, 0.15) is 17.3 Å². The highest BCUT2D eigenvalue weighted by molar-refractivity contribution is 7.85. The number of fused-ring (bicyclic) bond motifs is 1. The Balaban J connectivity index is 0.000000695. The number of urea groups is 1. The van der Waals surface area contributed by atoms with Crippen molar-refractivity contribution in [3.05, 3.63) is 59.4 Å². The highest BCUT2D eigenvalue weighted by Crippen LogP contribution is 2.37. The number of benzene rings is 2. The van der Waals surface area contributed by atoms with E-state index in [0.717, 1.165) is 5.39 Å². The molecule has 0 radical (unpaired) electrons. The number of pyridine rings is 1. The lowest BCUT2D eigenvalue weighted by atomic mass is 10.2. The molecule has 0 unspecified atom stereocenters. The minimum absolute atomic E-state index is 0.298. The smallest absolute Gasteiger partial charge is 0.324 e. The number of nitrogens with zero attached hydrogens (tertiary/aromatic N) is 2. The molecule has 2 aromatic heterocycles. The molecular weight excluding hydrogens is 528 g/mol. The van der Waals surface area contributed by atoms with Crippen molar-refractivity contribution in [1.29, 1.82) is 0 Å². The molecule has 0 atom stereocenters. The predicted octanol–water partition coefficient (Wildman–Crippen LogP) is 5.14. The Bertz CT molecular complexity index is 1520. The zero-order chi connectivity index (χ0) is 27.2. The number of methoxy groups -OCH3 is 2. The van der Waals surface area contributed by atoms with E-state index < -0.39 is 16.1 Å². The van der Waals surface area contributed by atoms with Crippen LogP contribution in [0.5, 0.6) is 23.0 Å². The van der Waals surface area contributed by atoms with Gasteiger partial charge in [-0.05, 0) is 31.2 Å². The van der Waals surface area contributed by atoms with Crippen molar-refractivity contribution in [3.8, 4) is 23.0 Å². The summed E-state index contributed by atoms with van der Waals surface area (Å²) < 4.78 is 47.5. The highest BCUT2D eigenvalue weighted by atomic mass is 35.5. The maximum Gasteiger partial charge on any atom is 0.324 e. The van der Waals surface area contributed by atoms with Crippen LogP contribution in [0, 0.1) is 6.92 Å². The van der Waals surface area contributed by atoms with E-state index in [0.29, 0.717) is 57.1 Å². The van der Waals surface area contributed by atoms with Gasteiger partial charge in [0, 0.05) is 29.8 Å². The van der Waals surface area contributed by atoms with Gasteiger partial charge in [0.15, 0.2) is 17.3 Å². The standard InChI is InChI=1S/C22H19ClN4O5.CH4O3S/c1-12-8-21(27-32-12)26-22(28)25-16-5-4-13(9-15(16)23)31-18-6-7-24-17-11-20(30-3)19(29-2)10-14(17)18;1-5(2,3)4/h4-11H,1-3H3,(H2,25,26,27,28);1H3,(H,2,3,4). The van der Waals surface area contributed by atoms with Crippen LogP contribution in [0.25, 0.3) is 10.9 Å². The van der Waals surface area contributed by atoms with Crippen LogP contribution >= 0.6 is 11.6 Å². The molecule has 0 aliphatic carbocycles. The molecule has 0 spiro atoms. The fourth-order valence-corrected chi connectivity index (χ4v) is 3.24. The molecule has 12 nitrogen and oxygen atoms in total. The van der Waals surface area contributed by atoms with E-state index in [1.165, 1.54) is 0 Å². The minimum Gasteiger partial charge on any atom is -0.493 e. The number of rotatable bonds is 6. The maximum absolute atomic E-state index is 12.2. The van der Waals surface area contributed by atoms with Crippen molar-refractivity contribution in [3.63, 3.8) is 0 Å². The molecule has 0 aliphatic heterocycles. The molecule has 2 aromatic carbocycles. The van der Waals surface area contributed by atoms with Gasteiger partial charge < -0.3 is 24.1 Å². The van der Waals surface area contributed by atoms with E-state index >= 15 is 0 Å². The molecule has 0 saturated heterocycles. The summed E-state index contributed by atoms with van der Waals surface area (Å²) in [5.41, 5.74) is 1.09. The number of anilines is 2. The average molecular weight is 551 g/mol. The van der Waals surface area contributed by atoms with E-state index in [1.807, 2.05) is 0 Å². The molecule has 2 amide bonds. The second kappa shape index (κ2) is 11.8. The van der Waals surface area contributed by atoms with Crippen LogP contribution in [0.2, 0.25) is 5.02 Å². The first-order valence-electron chi connectivity index (χ1n) is 10.4. The molecule has 0 bridgehead atoms. The lowest BCUT2D eigenvalue weighted by molar-refractivity contribution is 0.262. The minimum atomic E-state index is -3.67. The van der Waals surface area contributed by atoms with Gasteiger partial charge in [0.25, 0.3) is 10.1 Å². The van der Waals surface area contributed by atoms with Crippen LogP contribution in [0.1, 0.15) is 5.76 Å². The number of amides is 2. The molecular formula is C23H23ClN4O8S. The lowest BCUT2D eigenvalue weighted by Gasteiger charge is -2.13.